The number of amides is 4. The standard InChI is InChI=1S/C20H17ClN4O3S/c1-20(13-6-8-14(21)9-7-13)18(27)25(19(28)24-20)12-17(26)23-15-4-2-3-5-16(15)29-11-10-22/h2-9H,11-12H2,1H3,(H,23,26)(H,24,28). The third-order valence-corrected chi connectivity index (χ3v) is 5.64. The summed E-state index contributed by atoms with van der Waals surface area (Å²) in [5.41, 5.74) is -0.186. The monoisotopic (exact) mass is 428 g/mol. The van der Waals surface area contributed by atoms with Gasteiger partial charge in [0, 0.05) is 9.92 Å². The molecule has 1 heterocycles. The number of nitriles is 1. The number of nitrogens with zero attached hydrogens (tertiary/aromatic N) is 2. The summed E-state index contributed by atoms with van der Waals surface area (Å²) in [5, 5.41) is 14.6. The molecular formula is C20H17ClN4O3S. The van der Waals surface area contributed by atoms with Crippen LogP contribution in [-0.4, -0.2) is 35.0 Å². The highest BCUT2D eigenvalue weighted by Gasteiger charge is 2.49. The summed E-state index contributed by atoms with van der Waals surface area (Å²) >= 11 is 7.18. The third kappa shape index (κ3) is 4.36. The number of halogens is 1. The molecule has 1 saturated heterocycles. The van der Waals surface area contributed by atoms with Crippen LogP contribution in [0.2, 0.25) is 5.02 Å². The van der Waals surface area contributed by atoms with E-state index in [4.69, 9.17) is 16.9 Å². The Labute approximate surface area is 177 Å². The normalized spacial score (nSPS) is 18.3. The first-order valence-corrected chi connectivity index (χ1v) is 10.0. The summed E-state index contributed by atoms with van der Waals surface area (Å²) in [6.07, 6.45) is 0. The number of para-hydroxylation sites is 1. The molecule has 9 heteroatoms. The van der Waals surface area contributed by atoms with Gasteiger partial charge in [-0.15, -0.1) is 11.8 Å². The highest BCUT2D eigenvalue weighted by Crippen LogP contribution is 2.30. The van der Waals surface area contributed by atoms with Gasteiger partial charge in [0.1, 0.15) is 12.1 Å². The molecule has 0 bridgehead atoms. The van der Waals surface area contributed by atoms with Crippen molar-refractivity contribution in [2.24, 2.45) is 0 Å². The fourth-order valence-electron chi connectivity index (χ4n) is 2.96. The molecule has 0 radical (unpaired) electrons. The molecule has 148 valence electrons. The van der Waals surface area contributed by atoms with Gasteiger partial charge < -0.3 is 10.6 Å². The SMILES string of the molecule is CC1(c2ccc(Cl)cc2)NC(=O)N(CC(=O)Nc2ccccc2SCC#N)C1=O. The fraction of sp³-hybridized carbons (Fsp3) is 0.200. The lowest BCUT2D eigenvalue weighted by Crippen LogP contribution is -2.42. The predicted molar refractivity (Wildman–Crippen MR) is 110 cm³/mol. The molecule has 0 aliphatic carbocycles. The Hall–Kier alpha value is -3.02. The van der Waals surface area contributed by atoms with Crippen LogP contribution in [0, 0.1) is 11.3 Å². The maximum atomic E-state index is 12.9. The Bertz CT molecular complexity index is 1010. The van der Waals surface area contributed by atoms with E-state index in [9.17, 15) is 14.4 Å². The second kappa shape index (κ2) is 8.55. The van der Waals surface area contributed by atoms with Gasteiger partial charge in [0.25, 0.3) is 5.91 Å². The summed E-state index contributed by atoms with van der Waals surface area (Å²) in [6, 6.07) is 15.0. The van der Waals surface area contributed by atoms with Gasteiger partial charge in [-0.25, -0.2) is 4.79 Å². The highest BCUT2D eigenvalue weighted by molar-refractivity contribution is 7.99. The van der Waals surface area contributed by atoms with E-state index < -0.39 is 29.9 Å². The van der Waals surface area contributed by atoms with E-state index in [1.54, 1.807) is 55.5 Å². The first-order chi connectivity index (χ1) is 13.8. The molecule has 2 aromatic rings. The summed E-state index contributed by atoms with van der Waals surface area (Å²) in [5.74, 6) is -0.801. The van der Waals surface area contributed by atoms with Crippen LogP contribution in [0.15, 0.2) is 53.4 Å². The van der Waals surface area contributed by atoms with E-state index in [-0.39, 0.29) is 5.75 Å². The van der Waals surface area contributed by atoms with Crippen LogP contribution in [-0.2, 0) is 15.1 Å². The summed E-state index contributed by atoms with van der Waals surface area (Å²) < 4.78 is 0. The molecule has 3 rings (SSSR count). The van der Waals surface area contributed by atoms with Crippen LogP contribution < -0.4 is 10.6 Å². The van der Waals surface area contributed by atoms with E-state index in [1.165, 1.54) is 11.8 Å². The Morgan fingerprint density at radius 3 is 2.62 bits per heavy atom. The Kier molecular flexibility index (Phi) is 6.11. The first kappa shape index (κ1) is 20.7. The van der Waals surface area contributed by atoms with Crippen molar-refractivity contribution in [3.63, 3.8) is 0 Å². The van der Waals surface area contributed by atoms with E-state index >= 15 is 0 Å². The maximum Gasteiger partial charge on any atom is 0.325 e. The lowest BCUT2D eigenvalue weighted by atomic mass is 9.92. The number of thioether (sulfide) groups is 1. The number of carbonyl (C=O) groups is 3. The van der Waals surface area contributed by atoms with E-state index in [2.05, 4.69) is 10.6 Å². The molecule has 7 nitrogen and oxygen atoms in total. The van der Waals surface area contributed by atoms with Gasteiger partial charge in [-0.1, -0.05) is 35.9 Å². The van der Waals surface area contributed by atoms with Crippen molar-refractivity contribution in [3.8, 4) is 6.07 Å². The molecule has 0 saturated carbocycles. The minimum atomic E-state index is -1.28. The molecule has 0 spiro atoms. The number of anilines is 1. The van der Waals surface area contributed by atoms with Crippen molar-refractivity contribution < 1.29 is 14.4 Å². The first-order valence-electron chi connectivity index (χ1n) is 8.64. The average Bonchev–Trinajstić information content (AvgIpc) is 2.91. The molecule has 0 aromatic heterocycles. The molecule has 2 N–H and O–H groups in total. The quantitative estimate of drug-likeness (QED) is 0.542. The third-order valence-electron chi connectivity index (χ3n) is 4.45. The van der Waals surface area contributed by atoms with Crippen LogP contribution >= 0.6 is 23.4 Å². The molecule has 1 unspecified atom stereocenters. The van der Waals surface area contributed by atoms with Crippen molar-refractivity contribution in [1.29, 1.82) is 5.26 Å². The topological polar surface area (TPSA) is 102 Å². The minimum absolute atomic E-state index is 0.235. The maximum absolute atomic E-state index is 12.9. The second-order valence-electron chi connectivity index (χ2n) is 6.44. The van der Waals surface area contributed by atoms with Crippen molar-refractivity contribution >= 4 is 46.9 Å². The Balaban J connectivity index is 1.73. The molecular weight excluding hydrogens is 412 g/mol. The Morgan fingerprint density at radius 1 is 1.24 bits per heavy atom. The zero-order valence-corrected chi connectivity index (χ0v) is 17.0. The molecule has 29 heavy (non-hydrogen) atoms. The number of imide groups is 1. The second-order valence-corrected chi connectivity index (χ2v) is 7.90. The van der Waals surface area contributed by atoms with E-state index in [1.807, 2.05) is 6.07 Å². The molecule has 1 aliphatic heterocycles. The van der Waals surface area contributed by atoms with Gasteiger partial charge in [0.15, 0.2) is 0 Å². The number of rotatable bonds is 6. The predicted octanol–water partition coefficient (Wildman–Crippen LogP) is 3.36. The summed E-state index contributed by atoms with van der Waals surface area (Å²) in [4.78, 5) is 39.4. The van der Waals surface area contributed by atoms with Crippen LogP contribution in [0.5, 0.6) is 0 Å². The number of hydrogen-bond donors (Lipinski definition) is 2. The number of urea groups is 1. The smallest absolute Gasteiger partial charge is 0.324 e. The zero-order valence-electron chi connectivity index (χ0n) is 15.4. The lowest BCUT2D eigenvalue weighted by Gasteiger charge is -2.22. The number of carbonyl (C=O) groups excluding carboxylic acids is 3. The van der Waals surface area contributed by atoms with Gasteiger partial charge in [-0.05, 0) is 36.8 Å². The van der Waals surface area contributed by atoms with Crippen molar-refractivity contribution in [2.45, 2.75) is 17.4 Å². The highest BCUT2D eigenvalue weighted by atomic mass is 35.5. The van der Waals surface area contributed by atoms with Gasteiger partial charge >= 0.3 is 6.03 Å². The van der Waals surface area contributed by atoms with Gasteiger partial charge in [-0.3, -0.25) is 14.5 Å². The fourth-order valence-corrected chi connectivity index (χ4v) is 3.75. The number of nitrogens with one attached hydrogen (secondary N) is 2. The summed E-state index contributed by atoms with van der Waals surface area (Å²) in [7, 11) is 0. The Morgan fingerprint density at radius 2 is 1.93 bits per heavy atom. The van der Waals surface area contributed by atoms with Crippen molar-refractivity contribution in [2.75, 3.05) is 17.6 Å². The van der Waals surface area contributed by atoms with Gasteiger partial charge in [-0.2, -0.15) is 5.26 Å². The van der Waals surface area contributed by atoms with E-state index in [0.29, 0.717) is 16.3 Å². The minimum Gasteiger partial charge on any atom is -0.324 e. The molecule has 1 aliphatic rings. The average molecular weight is 429 g/mol. The van der Waals surface area contributed by atoms with Crippen molar-refractivity contribution in [3.05, 3.63) is 59.1 Å². The largest absolute Gasteiger partial charge is 0.325 e. The van der Waals surface area contributed by atoms with Crippen LogP contribution in [0.25, 0.3) is 0 Å². The molecule has 1 atom stereocenters. The van der Waals surface area contributed by atoms with Crippen LogP contribution in [0.3, 0.4) is 0 Å². The van der Waals surface area contributed by atoms with Crippen molar-refractivity contribution in [1.82, 2.24) is 10.2 Å². The zero-order chi connectivity index (χ0) is 21.0. The van der Waals surface area contributed by atoms with Gasteiger partial charge in [0.2, 0.25) is 5.91 Å². The number of benzene rings is 2. The van der Waals surface area contributed by atoms with E-state index in [0.717, 1.165) is 9.80 Å². The lowest BCUT2D eigenvalue weighted by molar-refractivity contribution is -0.133. The summed E-state index contributed by atoms with van der Waals surface area (Å²) in [6.45, 7) is 1.16. The number of hydrogen-bond acceptors (Lipinski definition) is 5. The van der Waals surface area contributed by atoms with Gasteiger partial charge in [0.05, 0.1) is 17.5 Å². The molecule has 4 amide bonds. The molecule has 2 aromatic carbocycles. The molecule has 1 fully saturated rings. The van der Waals surface area contributed by atoms with Crippen LogP contribution in [0.4, 0.5) is 10.5 Å². The van der Waals surface area contributed by atoms with Crippen LogP contribution in [0.1, 0.15) is 12.5 Å².